The highest BCUT2D eigenvalue weighted by atomic mass is 16.5. The minimum absolute atomic E-state index is 0.0799. The van der Waals surface area contributed by atoms with Crippen LogP contribution >= 0.6 is 0 Å². The van der Waals surface area contributed by atoms with Crippen molar-refractivity contribution in [1.82, 2.24) is 0 Å². The standard InChI is InChI=1S/C17H24N2O2/c1-3-12-6-4-5-7-14(12)18-13-8-9-16-15(10-13)19-17(20)11(2)21-16/h8-12,14,18H,3-7H2,1-2H3,(H,19,20). The van der Waals surface area contributed by atoms with Crippen molar-refractivity contribution in [2.24, 2.45) is 5.92 Å². The summed E-state index contributed by atoms with van der Waals surface area (Å²) in [5, 5.41) is 6.56. The Bertz CT molecular complexity index is 530. The van der Waals surface area contributed by atoms with Crippen LogP contribution in [0.25, 0.3) is 0 Å². The molecule has 4 heteroatoms. The molecule has 0 saturated heterocycles. The Balaban J connectivity index is 1.75. The lowest BCUT2D eigenvalue weighted by atomic mass is 9.83. The van der Waals surface area contributed by atoms with E-state index in [1.807, 2.05) is 18.2 Å². The molecule has 2 aliphatic rings. The van der Waals surface area contributed by atoms with Crippen LogP contribution in [-0.4, -0.2) is 18.1 Å². The largest absolute Gasteiger partial charge is 0.479 e. The Morgan fingerprint density at radius 1 is 1.33 bits per heavy atom. The number of amides is 1. The number of hydrogen-bond acceptors (Lipinski definition) is 3. The molecular formula is C17H24N2O2. The Morgan fingerprint density at radius 3 is 2.95 bits per heavy atom. The van der Waals surface area contributed by atoms with E-state index in [1.54, 1.807) is 6.92 Å². The molecule has 0 spiro atoms. The monoisotopic (exact) mass is 288 g/mol. The maximum atomic E-state index is 11.7. The fourth-order valence-corrected chi connectivity index (χ4v) is 3.40. The van der Waals surface area contributed by atoms with Crippen molar-refractivity contribution in [3.63, 3.8) is 0 Å². The summed E-state index contributed by atoms with van der Waals surface area (Å²) in [5.41, 5.74) is 1.84. The predicted molar refractivity (Wildman–Crippen MR) is 84.8 cm³/mol. The molecule has 1 aromatic rings. The van der Waals surface area contributed by atoms with Crippen molar-refractivity contribution in [2.75, 3.05) is 10.6 Å². The van der Waals surface area contributed by atoms with E-state index in [-0.39, 0.29) is 5.91 Å². The molecule has 0 bridgehead atoms. The molecule has 3 atom stereocenters. The van der Waals surface area contributed by atoms with Crippen LogP contribution in [0.2, 0.25) is 0 Å². The SMILES string of the molecule is CCC1CCCCC1Nc1ccc2c(c1)NC(=O)C(C)O2. The zero-order chi connectivity index (χ0) is 14.8. The Hall–Kier alpha value is -1.71. The van der Waals surface area contributed by atoms with Crippen LogP contribution in [0, 0.1) is 5.92 Å². The minimum atomic E-state index is -0.417. The first-order valence-corrected chi connectivity index (χ1v) is 8.05. The van der Waals surface area contributed by atoms with Crippen molar-refractivity contribution in [1.29, 1.82) is 0 Å². The Kier molecular flexibility index (Phi) is 4.04. The van der Waals surface area contributed by atoms with E-state index in [4.69, 9.17) is 4.74 Å². The lowest BCUT2D eigenvalue weighted by molar-refractivity contribution is -0.122. The summed E-state index contributed by atoms with van der Waals surface area (Å²) in [6, 6.07) is 6.52. The Labute approximate surface area is 126 Å². The average molecular weight is 288 g/mol. The van der Waals surface area contributed by atoms with E-state index in [0.717, 1.165) is 23.0 Å². The topological polar surface area (TPSA) is 50.4 Å². The van der Waals surface area contributed by atoms with E-state index >= 15 is 0 Å². The van der Waals surface area contributed by atoms with E-state index in [2.05, 4.69) is 17.6 Å². The maximum Gasteiger partial charge on any atom is 0.265 e. The molecule has 4 nitrogen and oxygen atoms in total. The maximum absolute atomic E-state index is 11.7. The zero-order valence-electron chi connectivity index (χ0n) is 12.8. The molecule has 1 fully saturated rings. The van der Waals surface area contributed by atoms with Gasteiger partial charge >= 0.3 is 0 Å². The molecule has 1 amide bonds. The van der Waals surface area contributed by atoms with Crippen LogP contribution in [0.15, 0.2) is 18.2 Å². The van der Waals surface area contributed by atoms with Crippen molar-refractivity contribution >= 4 is 17.3 Å². The van der Waals surface area contributed by atoms with Gasteiger partial charge in [0.25, 0.3) is 5.91 Å². The van der Waals surface area contributed by atoms with E-state index in [0.29, 0.717) is 6.04 Å². The molecule has 3 unspecified atom stereocenters. The van der Waals surface area contributed by atoms with Crippen LogP contribution in [0.1, 0.15) is 46.0 Å². The number of benzene rings is 1. The van der Waals surface area contributed by atoms with E-state index in [9.17, 15) is 4.79 Å². The Morgan fingerprint density at radius 2 is 2.14 bits per heavy atom. The second-order valence-corrected chi connectivity index (χ2v) is 6.16. The highest BCUT2D eigenvalue weighted by molar-refractivity contribution is 5.98. The molecular weight excluding hydrogens is 264 g/mol. The third kappa shape index (κ3) is 2.99. The molecule has 21 heavy (non-hydrogen) atoms. The van der Waals surface area contributed by atoms with Crippen LogP contribution in [0.4, 0.5) is 11.4 Å². The summed E-state index contributed by atoms with van der Waals surface area (Å²) < 4.78 is 5.59. The van der Waals surface area contributed by atoms with Gasteiger partial charge in [0.15, 0.2) is 6.10 Å². The summed E-state index contributed by atoms with van der Waals surface area (Å²) in [6.07, 6.45) is 6.00. The first kappa shape index (κ1) is 14.2. The lowest BCUT2D eigenvalue weighted by Gasteiger charge is -2.32. The van der Waals surface area contributed by atoms with Gasteiger partial charge in [-0.15, -0.1) is 0 Å². The fourth-order valence-electron chi connectivity index (χ4n) is 3.40. The highest BCUT2D eigenvalue weighted by Crippen LogP contribution is 2.34. The van der Waals surface area contributed by atoms with Crippen molar-refractivity contribution in [3.05, 3.63) is 18.2 Å². The van der Waals surface area contributed by atoms with Gasteiger partial charge in [0, 0.05) is 11.7 Å². The molecule has 2 N–H and O–H groups in total. The first-order valence-electron chi connectivity index (χ1n) is 8.05. The number of anilines is 2. The first-order chi connectivity index (χ1) is 10.2. The summed E-state index contributed by atoms with van der Waals surface area (Å²) in [4.78, 5) is 11.7. The second kappa shape index (κ2) is 5.96. The molecule has 1 heterocycles. The van der Waals surface area contributed by atoms with Crippen molar-refractivity contribution < 1.29 is 9.53 Å². The van der Waals surface area contributed by atoms with Crippen LogP contribution < -0.4 is 15.4 Å². The lowest BCUT2D eigenvalue weighted by Crippen LogP contribution is -2.34. The molecule has 0 radical (unpaired) electrons. The molecule has 1 saturated carbocycles. The third-order valence-corrected chi connectivity index (χ3v) is 4.70. The van der Waals surface area contributed by atoms with Gasteiger partial charge in [-0.2, -0.15) is 0 Å². The van der Waals surface area contributed by atoms with Gasteiger partial charge < -0.3 is 15.4 Å². The van der Waals surface area contributed by atoms with Crippen LogP contribution in [0.5, 0.6) is 5.75 Å². The van der Waals surface area contributed by atoms with Crippen molar-refractivity contribution in [3.8, 4) is 5.75 Å². The van der Waals surface area contributed by atoms with E-state index < -0.39 is 6.10 Å². The van der Waals surface area contributed by atoms with Crippen molar-refractivity contribution in [2.45, 2.75) is 58.1 Å². The number of carbonyl (C=O) groups is 1. The normalized spacial score (nSPS) is 28.3. The fraction of sp³-hybridized carbons (Fsp3) is 0.588. The highest BCUT2D eigenvalue weighted by Gasteiger charge is 2.26. The van der Waals surface area contributed by atoms with Crippen LogP contribution in [-0.2, 0) is 4.79 Å². The quantitative estimate of drug-likeness (QED) is 0.889. The van der Waals surface area contributed by atoms with Gasteiger partial charge in [0.2, 0.25) is 0 Å². The second-order valence-electron chi connectivity index (χ2n) is 6.16. The molecule has 0 aromatic heterocycles. The summed E-state index contributed by atoms with van der Waals surface area (Å²) in [7, 11) is 0. The minimum Gasteiger partial charge on any atom is -0.479 e. The number of fused-ring (bicyclic) bond motifs is 1. The number of ether oxygens (including phenoxy) is 1. The third-order valence-electron chi connectivity index (χ3n) is 4.70. The molecule has 1 aliphatic heterocycles. The van der Waals surface area contributed by atoms with Gasteiger partial charge in [0.05, 0.1) is 5.69 Å². The van der Waals surface area contributed by atoms with Gasteiger partial charge in [-0.3, -0.25) is 4.79 Å². The number of rotatable bonds is 3. The zero-order valence-corrected chi connectivity index (χ0v) is 12.8. The van der Waals surface area contributed by atoms with Gasteiger partial charge in [-0.25, -0.2) is 0 Å². The summed E-state index contributed by atoms with van der Waals surface area (Å²) >= 11 is 0. The summed E-state index contributed by atoms with van der Waals surface area (Å²) in [6.45, 7) is 4.03. The molecule has 1 aliphatic carbocycles. The molecule has 3 rings (SSSR count). The number of hydrogen-bond donors (Lipinski definition) is 2. The number of carbonyl (C=O) groups excluding carboxylic acids is 1. The smallest absolute Gasteiger partial charge is 0.265 e. The van der Waals surface area contributed by atoms with Gasteiger partial charge in [-0.05, 0) is 43.9 Å². The average Bonchev–Trinajstić information content (AvgIpc) is 2.49. The number of nitrogens with one attached hydrogen (secondary N) is 2. The molecule has 114 valence electrons. The van der Waals surface area contributed by atoms with E-state index in [1.165, 1.54) is 32.1 Å². The molecule has 1 aromatic carbocycles. The van der Waals surface area contributed by atoms with Crippen LogP contribution in [0.3, 0.4) is 0 Å². The van der Waals surface area contributed by atoms with Gasteiger partial charge in [0.1, 0.15) is 5.75 Å². The van der Waals surface area contributed by atoms with Gasteiger partial charge in [-0.1, -0.05) is 26.2 Å². The predicted octanol–water partition coefficient (Wildman–Crippen LogP) is 3.79. The summed E-state index contributed by atoms with van der Waals surface area (Å²) in [5.74, 6) is 1.42.